The van der Waals surface area contributed by atoms with Gasteiger partial charge in [-0.1, -0.05) is 30.3 Å². The number of hydrogen-bond acceptors (Lipinski definition) is 2. The first kappa shape index (κ1) is 12.9. The van der Waals surface area contributed by atoms with Gasteiger partial charge >= 0.3 is 0 Å². The maximum Gasteiger partial charge on any atom is 0.270 e. The highest BCUT2D eigenvalue weighted by Crippen LogP contribution is 2.29. The van der Waals surface area contributed by atoms with Crippen LogP contribution in [-0.4, -0.2) is 10.9 Å². The van der Waals surface area contributed by atoms with Crippen molar-refractivity contribution in [2.24, 2.45) is 0 Å². The van der Waals surface area contributed by atoms with E-state index < -0.39 is 0 Å². The first-order chi connectivity index (χ1) is 9.74. The molecule has 0 radical (unpaired) electrons. The maximum absolute atomic E-state index is 12.3. The van der Waals surface area contributed by atoms with Crippen LogP contribution in [0.2, 0.25) is 0 Å². The number of rotatable bonds is 2. The van der Waals surface area contributed by atoms with Crippen molar-refractivity contribution in [2.75, 3.05) is 0 Å². The highest BCUT2D eigenvalue weighted by atomic mass is 16.1. The van der Waals surface area contributed by atoms with Gasteiger partial charge < -0.3 is 5.32 Å². The van der Waals surface area contributed by atoms with E-state index in [0.717, 1.165) is 25.0 Å². The van der Waals surface area contributed by atoms with Gasteiger partial charge in [0.15, 0.2) is 0 Å². The zero-order chi connectivity index (χ0) is 13.9. The second-order valence-electron chi connectivity index (χ2n) is 5.28. The molecule has 3 nitrogen and oxygen atoms in total. The van der Waals surface area contributed by atoms with Crippen molar-refractivity contribution in [3.05, 3.63) is 65.0 Å². The first-order valence-electron chi connectivity index (χ1n) is 7.06. The number of hydrogen-bond donors (Lipinski definition) is 1. The summed E-state index contributed by atoms with van der Waals surface area (Å²) in [6, 6.07) is 14.0. The molecule has 0 unspecified atom stereocenters. The SMILES string of the molecule is Cc1cccc(C(=O)N[C@H]2CCCc3ccccc32)n1. The van der Waals surface area contributed by atoms with Crippen LogP contribution in [0.5, 0.6) is 0 Å². The van der Waals surface area contributed by atoms with E-state index in [1.807, 2.05) is 25.1 Å². The lowest BCUT2D eigenvalue weighted by molar-refractivity contribution is 0.0927. The smallest absolute Gasteiger partial charge is 0.270 e. The van der Waals surface area contributed by atoms with Crippen molar-refractivity contribution in [3.63, 3.8) is 0 Å². The lowest BCUT2D eigenvalue weighted by Crippen LogP contribution is -2.31. The van der Waals surface area contributed by atoms with E-state index in [4.69, 9.17) is 0 Å². The summed E-state index contributed by atoms with van der Waals surface area (Å²) in [7, 11) is 0. The Morgan fingerprint density at radius 2 is 2.05 bits per heavy atom. The highest BCUT2D eigenvalue weighted by molar-refractivity contribution is 5.92. The zero-order valence-electron chi connectivity index (χ0n) is 11.6. The number of aromatic nitrogens is 1. The van der Waals surface area contributed by atoms with Gasteiger partial charge in [-0.2, -0.15) is 0 Å². The molecule has 20 heavy (non-hydrogen) atoms. The second kappa shape index (κ2) is 5.45. The van der Waals surface area contributed by atoms with Gasteiger partial charge in [-0.3, -0.25) is 4.79 Å². The average molecular weight is 266 g/mol. The Kier molecular flexibility index (Phi) is 3.50. The van der Waals surface area contributed by atoms with E-state index in [0.29, 0.717) is 5.69 Å². The van der Waals surface area contributed by atoms with Crippen molar-refractivity contribution in [2.45, 2.75) is 32.2 Å². The fourth-order valence-corrected chi connectivity index (χ4v) is 2.81. The normalized spacial score (nSPS) is 17.4. The van der Waals surface area contributed by atoms with Gasteiger partial charge in [-0.15, -0.1) is 0 Å². The van der Waals surface area contributed by atoms with E-state index in [2.05, 4.69) is 28.5 Å². The lowest BCUT2D eigenvalue weighted by Gasteiger charge is -2.26. The number of aryl methyl sites for hydroxylation is 2. The van der Waals surface area contributed by atoms with E-state index in [1.54, 1.807) is 6.07 Å². The number of fused-ring (bicyclic) bond motifs is 1. The number of carbonyl (C=O) groups excluding carboxylic acids is 1. The van der Waals surface area contributed by atoms with Crippen LogP contribution in [-0.2, 0) is 6.42 Å². The Balaban J connectivity index is 1.81. The monoisotopic (exact) mass is 266 g/mol. The largest absolute Gasteiger partial charge is 0.344 e. The van der Waals surface area contributed by atoms with Crippen LogP contribution in [0, 0.1) is 6.92 Å². The Labute approximate surface area is 119 Å². The molecule has 0 aliphatic heterocycles. The summed E-state index contributed by atoms with van der Waals surface area (Å²) in [5.41, 5.74) is 3.95. The van der Waals surface area contributed by atoms with Crippen molar-refractivity contribution in [3.8, 4) is 0 Å². The van der Waals surface area contributed by atoms with Crippen LogP contribution >= 0.6 is 0 Å². The molecule has 3 rings (SSSR count). The van der Waals surface area contributed by atoms with Crippen LogP contribution in [0.4, 0.5) is 0 Å². The van der Waals surface area contributed by atoms with Gasteiger partial charge in [0.05, 0.1) is 6.04 Å². The predicted molar refractivity (Wildman–Crippen MR) is 78.6 cm³/mol. The molecule has 1 aliphatic rings. The van der Waals surface area contributed by atoms with Gasteiger partial charge in [0.25, 0.3) is 5.91 Å². The summed E-state index contributed by atoms with van der Waals surface area (Å²) in [5, 5.41) is 3.12. The molecule has 1 N–H and O–H groups in total. The molecule has 1 aromatic carbocycles. The number of benzene rings is 1. The van der Waals surface area contributed by atoms with E-state index in [1.165, 1.54) is 11.1 Å². The minimum absolute atomic E-state index is 0.0876. The molecule has 1 aliphatic carbocycles. The van der Waals surface area contributed by atoms with Gasteiger partial charge in [0, 0.05) is 5.69 Å². The second-order valence-corrected chi connectivity index (χ2v) is 5.28. The van der Waals surface area contributed by atoms with Gasteiger partial charge in [-0.05, 0) is 49.4 Å². The van der Waals surface area contributed by atoms with Crippen LogP contribution in [0.25, 0.3) is 0 Å². The minimum atomic E-state index is -0.0876. The Morgan fingerprint density at radius 3 is 2.90 bits per heavy atom. The van der Waals surface area contributed by atoms with E-state index in [-0.39, 0.29) is 11.9 Å². The van der Waals surface area contributed by atoms with Crippen LogP contribution in [0.1, 0.15) is 46.2 Å². The number of amides is 1. The number of nitrogens with one attached hydrogen (secondary N) is 1. The quantitative estimate of drug-likeness (QED) is 0.907. The summed E-state index contributed by atoms with van der Waals surface area (Å²) in [4.78, 5) is 16.6. The van der Waals surface area contributed by atoms with Gasteiger partial charge in [-0.25, -0.2) is 4.98 Å². The molecule has 2 aromatic rings. The third-order valence-corrected chi connectivity index (χ3v) is 3.80. The summed E-state index contributed by atoms with van der Waals surface area (Å²) >= 11 is 0. The predicted octanol–water partition coefficient (Wildman–Crippen LogP) is 3.20. The third kappa shape index (κ3) is 2.57. The Morgan fingerprint density at radius 1 is 1.20 bits per heavy atom. The fraction of sp³-hybridized carbons (Fsp3) is 0.294. The minimum Gasteiger partial charge on any atom is -0.344 e. The molecular formula is C17H18N2O. The third-order valence-electron chi connectivity index (χ3n) is 3.80. The van der Waals surface area contributed by atoms with Crippen molar-refractivity contribution in [1.82, 2.24) is 10.3 Å². The van der Waals surface area contributed by atoms with E-state index >= 15 is 0 Å². The molecule has 1 aromatic heterocycles. The molecule has 0 spiro atoms. The summed E-state index contributed by atoms with van der Waals surface area (Å²) in [6.07, 6.45) is 3.21. The Bertz CT molecular complexity index is 636. The highest BCUT2D eigenvalue weighted by Gasteiger charge is 2.22. The molecule has 1 atom stereocenters. The maximum atomic E-state index is 12.3. The summed E-state index contributed by atoms with van der Waals surface area (Å²) in [5.74, 6) is -0.0876. The standard InChI is InChI=1S/C17H18N2O/c1-12-6-4-11-16(18-12)17(20)19-15-10-5-8-13-7-2-3-9-14(13)15/h2-4,6-7,9,11,15H,5,8,10H2,1H3,(H,19,20)/t15-/m0/s1. The number of carbonyl (C=O) groups is 1. The fourth-order valence-electron chi connectivity index (χ4n) is 2.81. The van der Waals surface area contributed by atoms with Crippen molar-refractivity contribution in [1.29, 1.82) is 0 Å². The lowest BCUT2D eigenvalue weighted by atomic mass is 9.87. The topological polar surface area (TPSA) is 42.0 Å². The molecule has 102 valence electrons. The van der Waals surface area contributed by atoms with Gasteiger partial charge in [0.1, 0.15) is 5.69 Å². The zero-order valence-corrected chi connectivity index (χ0v) is 11.6. The van der Waals surface area contributed by atoms with Crippen LogP contribution in [0.3, 0.4) is 0 Å². The summed E-state index contributed by atoms with van der Waals surface area (Å²) < 4.78 is 0. The molecule has 0 saturated carbocycles. The number of pyridine rings is 1. The molecule has 1 heterocycles. The molecule has 1 amide bonds. The molecule has 3 heteroatoms. The average Bonchev–Trinajstić information content (AvgIpc) is 2.47. The molecule has 0 fully saturated rings. The number of nitrogens with zero attached hydrogens (tertiary/aromatic N) is 1. The van der Waals surface area contributed by atoms with Crippen molar-refractivity contribution < 1.29 is 4.79 Å². The van der Waals surface area contributed by atoms with Crippen LogP contribution < -0.4 is 5.32 Å². The van der Waals surface area contributed by atoms with E-state index in [9.17, 15) is 4.79 Å². The molecule has 0 bridgehead atoms. The van der Waals surface area contributed by atoms with Crippen LogP contribution in [0.15, 0.2) is 42.5 Å². The van der Waals surface area contributed by atoms with Gasteiger partial charge in [0.2, 0.25) is 0 Å². The molecular weight excluding hydrogens is 248 g/mol. The van der Waals surface area contributed by atoms with Crippen molar-refractivity contribution >= 4 is 5.91 Å². The first-order valence-corrected chi connectivity index (χ1v) is 7.06. The Hall–Kier alpha value is -2.16. The summed E-state index contributed by atoms with van der Waals surface area (Å²) in [6.45, 7) is 1.90. The molecule has 0 saturated heterocycles.